The zero-order valence-electron chi connectivity index (χ0n) is 8.84. The Morgan fingerprint density at radius 3 is 2.69 bits per heavy atom. The zero-order chi connectivity index (χ0) is 9.90. The average molecular weight is 203 g/mol. The first-order valence-electron chi connectivity index (χ1n) is 4.99. The number of hydrogen-bond donors (Lipinski definition) is 2. The van der Waals surface area contributed by atoms with Crippen molar-refractivity contribution in [1.29, 1.82) is 0 Å². The number of rotatable bonds is 5. The summed E-state index contributed by atoms with van der Waals surface area (Å²) in [5.41, 5.74) is 0.0827. The van der Waals surface area contributed by atoms with Crippen LogP contribution in [0.25, 0.3) is 0 Å². The largest absolute Gasteiger partial charge is 0.392 e. The van der Waals surface area contributed by atoms with Crippen LogP contribution in [-0.2, 0) is 0 Å². The minimum Gasteiger partial charge on any atom is -0.392 e. The van der Waals surface area contributed by atoms with Crippen molar-refractivity contribution in [1.82, 2.24) is 5.32 Å². The Morgan fingerprint density at radius 1 is 1.54 bits per heavy atom. The van der Waals surface area contributed by atoms with Crippen LogP contribution in [0.2, 0.25) is 0 Å². The van der Waals surface area contributed by atoms with E-state index in [1.165, 1.54) is 12.2 Å². The van der Waals surface area contributed by atoms with Crippen LogP contribution in [-0.4, -0.2) is 35.8 Å². The van der Waals surface area contributed by atoms with Crippen LogP contribution < -0.4 is 5.32 Å². The molecular formula is C10H21NOS. The maximum Gasteiger partial charge on any atom is 0.0621 e. The highest BCUT2D eigenvalue weighted by Gasteiger charge is 2.46. The van der Waals surface area contributed by atoms with Crippen molar-refractivity contribution in [3.8, 4) is 0 Å². The third-order valence-corrected chi connectivity index (χ3v) is 3.83. The Labute approximate surface area is 85.5 Å². The van der Waals surface area contributed by atoms with Crippen molar-refractivity contribution in [3.63, 3.8) is 0 Å². The van der Waals surface area contributed by atoms with Crippen LogP contribution in [0, 0.1) is 5.41 Å². The lowest BCUT2D eigenvalue weighted by Gasteiger charge is -2.49. The fraction of sp³-hybridized carbons (Fsp3) is 1.00. The summed E-state index contributed by atoms with van der Waals surface area (Å²) < 4.78 is 0. The second-order valence-electron chi connectivity index (χ2n) is 4.43. The molecule has 1 rings (SSSR count). The molecule has 2 nitrogen and oxygen atoms in total. The quantitative estimate of drug-likeness (QED) is 0.664. The van der Waals surface area contributed by atoms with Gasteiger partial charge in [-0.3, -0.25) is 0 Å². The first kappa shape index (κ1) is 11.3. The minimum absolute atomic E-state index is 0.0827. The number of aliphatic hydroxyl groups is 1. The lowest BCUT2D eigenvalue weighted by atomic mass is 9.64. The molecule has 0 amide bonds. The van der Waals surface area contributed by atoms with Gasteiger partial charge in [-0.2, -0.15) is 11.8 Å². The van der Waals surface area contributed by atoms with Gasteiger partial charge in [-0.1, -0.05) is 13.8 Å². The molecule has 0 spiro atoms. The van der Waals surface area contributed by atoms with E-state index in [-0.39, 0.29) is 11.5 Å². The molecule has 1 aliphatic carbocycles. The molecule has 0 aromatic heterocycles. The van der Waals surface area contributed by atoms with Gasteiger partial charge in [-0.05, 0) is 31.4 Å². The smallest absolute Gasteiger partial charge is 0.0621 e. The molecule has 78 valence electrons. The van der Waals surface area contributed by atoms with Gasteiger partial charge >= 0.3 is 0 Å². The fourth-order valence-electron chi connectivity index (χ4n) is 1.74. The van der Waals surface area contributed by atoms with Crippen molar-refractivity contribution >= 4 is 11.8 Å². The van der Waals surface area contributed by atoms with Crippen LogP contribution >= 0.6 is 11.8 Å². The summed E-state index contributed by atoms with van der Waals surface area (Å²) in [6.45, 7) is 5.35. The molecule has 0 heterocycles. The summed E-state index contributed by atoms with van der Waals surface area (Å²) in [5, 5.41) is 13.0. The first-order chi connectivity index (χ1) is 6.09. The summed E-state index contributed by atoms with van der Waals surface area (Å²) >= 11 is 1.89. The molecule has 0 aromatic rings. The van der Waals surface area contributed by atoms with Crippen LogP contribution in [0.1, 0.15) is 26.7 Å². The van der Waals surface area contributed by atoms with Crippen molar-refractivity contribution in [2.45, 2.75) is 38.8 Å². The van der Waals surface area contributed by atoms with Gasteiger partial charge in [0.2, 0.25) is 0 Å². The van der Waals surface area contributed by atoms with Gasteiger partial charge in [0, 0.05) is 11.5 Å². The summed E-state index contributed by atoms with van der Waals surface area (Å²) in [7, 11) is 0. The lowest BCUT2D eigenvalue weighted by Crippen LogP contribution is -2.60. The van der Waals surface area contributed by atoms with Crippen molar-refractivity contribution in [2.24, 2.45) is 5.41 Å². The molecule has 0 aliphatic heterocycles. The molecule has 0 aromatic carbocycles. The molecule has 0 saturated heterocycles. The van der Waals surface area contributed by atoms with Crippen LogP contribution in [0.4, 0.5) is 0 Å². The monoisotopic (exact) mass is 203 g/mol. The summed E-state index contributed by atoms with van der Waals surface area (Å²) in [5.74, 6) is 1.22. The molecule has 1 fully saturated rings. The number of hydrogen-bond acceptors (Lipinski definition) is 3. The predicted octanol–water partition coefficient (Wildman–Crippen LogP) is 1.49. The van der Waals surface area contributed by atoms with Crippen LogP contribution in [0.5, 0.6) is 0 Å². The molecule has 0 radical (unpaired) electrons. The van der Waals surface area contributed by atoms with E-state index < -0.39 is 0 Å². The second-order valence-corrected chi connectivity index (χ2v) is 5.41. The SMILES string of the molecule is CSCCCNC1CC(O)C1(C)C. The lowest BCUT2D eigenvalue weighted by molar-refractivity contribution is -0.0721. The highest BCUT2D eigenvalue weighted by molar-refractivity contribution is 7.98. The van der Waals surface area contributed by atoms with E-state index in [0.29, 0.717) is 6.04 Å². The van der Waals surface area contributed by atoms with Gasteiger partial charge in [-0.15, -0.1) is 0 Å². The molecular weight excluding hydrogens is 182 g/mol. The molecule has 13 heavy (non-hydrogen) atoms. The van der Waals surface area contributed by atoms with Gasteiger partial charge in [-0.25, -0.2) is 0 Å². The van der Waals surface area contributed by atoms with Gasteiger partial charge < -0.3 is 10.4 Å². The predicted molar refractivity (Wildman–Crippen MR) is 59.2 cm³/mol. The van der Waals surface area contributed by atoms with Gasteiger partial charge in [0.15, 0.2) is 0 Å². The Kier molecular flexibility index (Phi) is 4.07. The maximum atomic E-state index is 9.50. The Balaban J connectivity index is 2.10. The van der Waals surface area contributed by atoms with E-state index in [4.69, 9.17) is 0 Å². The number of aliphatic hydroxyl groups excluding tert-OH is 1. The Bertz CT molecular complexity index is 161. The van der Waals surface area contributed by atoms with E-state index in [0.717, 1.165) is 13.0 Å². The van der Waals surface area contributed by atoms with Gasteiger partial charge in [0.1, 0.15) is 0 Å². The molecule has 1 saturated carbocycles. The Hall–Kier alpha value is 0.270. The van der Waals surface area contributed by atoms with E-state index in [1.54, 1.807) is 0 Å². The molecule has 1 aliphatic rings. The molecule has 2 N–H and O–H groups in total. The van der Waals surface area contributed by atoms with E-state index in [1.807, 2.05) is 11.8 Å². The topological polar surface area (TPSA) is 32.3 Å². The first-order valence-corrected chi connectivity index (χ1v) is 6.39. The Morgan fingerprint density at radius 2 is 2.23 bits per heavy atom. The highest BCUT2D eigenvalue weighted by atomic mass is 32.2. The summed E-state index contributed by atoms with van der Waals surface area (Å²) in [6.07, 6.45) is 4.18. The summed E-state index contributed by atoms with van der Waals surface area (Å²) in [6, 6.07) is 0.518. The number of thioether (sulfide) groups is 1. The third-order valence-electron chi connectivity index (χ3n) is 3.13. The second kappa shape index (κ2) is 4.67. The normalized spacial score (nSPS) is 31.4. The van der Waals surface area contributed by atoms with Crippen LogP contribution in [0.3, 0.4) is 0 Å². The van der Waals surface area contributed by atoms with Gasteiger partial charge in [0.05, 0.1) is 6.10 Å². The molecule has 2 unspecified atom stereocenters. The fourth-order valence-corrected chi connectivity index (χ4v) is 2.17. The van der Waals surface area contributed by atoms with Gasteiger partial charge in [0.25, 0.3) is 0 Å². The maximum absolute atomic E-state index is 9.50. The van der Waals surface area contributed by atoms with E-state index >= 15 is 0 Å². The van der Waals surface area contributed by atoms with Crippen LogP contribution in [0.15, 0.2) is 0 Å². The number of nitrogens with one attached hydrogen (secondary N) is 1. The van der Waals surface area contributed by atoms with Crippen molar-refractivity contribution in [3.05, 3.63) is 0 Å². The molecule has 0 bridgehead atoms. The van der Waals surface area contributed by atoms with E-state index in [9.17, 15) is 5.11 Å². The molecule has 3 heteroatoms. The zero-order valence-corrected chi connectivity index (χ0v) is 9.66. The average Bonchev–Trinajstić information content (AvgIpc) is 2.10. The molecule has 2 atom stereocenters. The third kappa shape index (κ3) is 2.61. The highest BCUT2D eigenvalue weighted by Crippen LogP contribution is 2.40. The standard InChI is InChI=1S/C10H21NOS/c1-10(2)8(7-9(10)12)11-5-4-6-13-3/h8-9,11-12H,4-7H2,1-3H3. The summed E-state index contributed by atoms with van der Waals surface area (Å²) in [4.78, 5) is 0. The minimum atomic E-state index is -0.106. The van der Waals surface area contributed by atoms with E-state index in [2.05, 4.69) is 25.4 Å². The van der Waals surface area contributed by atoms with Crippen molar-refractivity contribution in [2.75, 3.05) is 18.6 Å². The van der Waals surface area contributed by atoms with Crippen molar-refractivity contribution < 1.29 is 5.11 Å².